The molecule has 0 bridgehead atoms. The molecule has 2 heterocycles. The minimum absolute atomic E-state index is 0.138. The molecular weight excluding hydrogens is 251 g/mol. The van der Waals surface area contributed by atoms with E-state index in [0.29, 0.717) is 5.92 Å². The van der Waals surface area contributed by atoms with Gasteiger partial charge in [0.15, 0.2) is 0 Å². The lowest BCUT2D eigenvalue weighted by Crippen LogP contribution is -2.27. The van der Waals surface area contributed by atoms with Gasteiger partial charge < -0.3 is 10.2 Å². The molecule has 0 saturated carbocycles. The van der Waals surface area contributed by atoms with Crippen LogP contribution in [0.1, 0.15) is 17.0 Å². The van der Waals surface area contributed by atoms with Crippen molar-refractivity contribution >= 4 is 11.4 Å². The summed E-state index contributed by atoms with van der Waals surface area (Å²) in [5.74, 6) is 0.348. The van der Waals surface area contributed by atoms with E-state index >= 15 is 0 Å². The Hall–Kier alpha value is -2.03. The van der Waals surface area contributed by atoms with Crippen molar-refractivity contribution in [2.75, 3.05) is 29.9 Å². The average Bonchev–Trinajstić information content (AvgIpc) is 3.05. The van der Waals surface area contributed by atoms with Gasteiger partial charge in [-0.2, -0.15) is 0 Å². The monoisotopic (exact) mass is 268 g/mol. The molecule has 1 atom stereocenters. The third-order valence-electron chi connectivity index (χ3n) is 4.42. The number of rotatable bonds is 2. The van der Waals surface area contributed by atoms with E-state index in [4.69, 9.17) is 0 Å². The lowest BCUT2D eigenvalue weighted by molar-refractivity contribution is 0.626. The van der Waals surface area contributed by atoms with Crippen LogP contribution in [0.3, 0.4) is 0 Å². The van der Waals surface area contributed by atoms with Gasteiger partial charge >= 0.3 is 0 Å². The summed E-state index contributed by atoms with van der Waals surface area (Å²) < 4.78 is 13.4. The summed E-state index contributed by atoms with van der Waals surface area (Å²) in [6, 6.07) is 13.7. The van der Waals surface area contributed by atoms with Gasteiger partial charge in [0.2, 0.25) is 0 Å². The van der Waals surface area contributed by atoms with Crippen LogP contribution in [0, 0.1) is 5.82 Å². The molecule has 102 valence electrons. The van der Waals surface area contributed by atoms with Crippen molar-refractivity contribution in [1.82, 2.24) is 0 Å². The fourth-order valence-corrected chi connectivity index (χ4v) is 3.39. The summed E-state index contributed by atoms with van der Waals surface area (Å²) in [5.41, 5.74) is 4.98. The third kappa shape index (κ3) is 1.85. The van der Waals surface area contributed by atoms with Crippen molar-refractivity contribution in [2.24, 2.45) is 0 Å². The van der Waals surface area contributed by atoms with Crippen LogP contribution in [0.15, 0.2) is 42.5 Å². The minimum Gasteiger partial charge on any atom is -0.384 e. The average molecular weight is 268 g/mol. The van der Waals surface area contributed by atoms with Crippen molar-refractivity contribution in [1.29, 1.82) is 0 Å². The predicted octanol–water partition coefficient (Wildman–Crippen LogP) is 3.40. The molecule has 1 unspecified atom stereocenters. The zero-order chi connectivity index (χ0) is 13.5. The second-order valence-corrected chi connectivity index (χ2v) is 5.63. The molecule has 0 spiro atoms. The molecule has 3 heteroatoms. The SMILES string of the molecule is Fc1ccc2c(c1)N(CC1CNc3ccccc31)CC2. The number of hydrogen-bond acceptors (Lipinski definition) is 2. The van der Waals surface area contributed by atoms with Crippen LogP contribution in [0.4, 0.5) is 15.8 Å². The Balaban J connectivity index is 1.59. The van der Waals surface area contributed by atoms with E-state index < -0.39 is 0 Å². The Morgan fingerprint density at radius 2 is 2.10 bits per heavy atom. The molecule has 4 rings (SSSR count). The van der Waals surface area contributed by atoms with E-state index in [1.54, 1.807) is 12.1 Å². The van der Waals surface area contributed by atoms with Gasteiger partial charge in [-0.05, 0) is 35.7 Å². The summed E-state index contributed by atoms with van der Waals surface area (Å²) in [4.78, 5) is 2.33. The van der Waals surface area contributed by atoms with Crippen molar-refractivity contribution in [2.45, 2.75) is 12.3 Å². The van der Waals surface area contributed by atoms with Crippen LogP contribution in [-0.2, 0) is 6.42 Å². The number of nitrogens with one attached hydrogen (secondary N) is 1. The summed E-state index contributed by atoms with van der Waals surface area (Å²) in [7, 11) is 0. The first-order chi connectivity index (χ1) is 9.81. The van der Waals surface area contributed by atoms with Crippen molar-refractivity contribution in [3.8, 4) is 0 Å². The number of para-hydroxylation sites is 1. The van der Waals surface area contributed by atoms with Crippen LogP contribution < -0.4 is 10.2 Å². The molecule has 0 radical (unpaired) electrons. The summed E-state index contributed by atoms with van der Waals surface area (Å²) in [5, 5.41) is 3.46. The first-order valence-electron chi connectivity index (χ1n) is 7.17. The molecule has 2 aliphatic heterocycles. The van der Waals surface area contributed by atoms with E-state index in [9.17, 15) is 4.39 Å². The summed E-state index contributed by atoms with van der Waals surface area (Å²) in [6.45, 7) is 2.93. The number of anilines is 2. The number of halogens is 1. The maximum absolute atomic E-state index is 13.4. The molecule has 20 heavy (non-hydrogen) atoms. The predicted molar refractivity (Wildman–Crippen MR) is 80.0 cm³/mol. The highest BCUT2D eigenvalue weighted by Crippen LogP contribution is 2.35. The number of fused-ring (bicyclic) bond motifs is 2. The van der Waals surface area contributed by atoms with Gasteiger partial charge in [0, 0.05) is 36.9 Å². The Bertz CT molecular complexity index is 653. The molecular formula is C17H17FN2. The Labute approximate surface area is 118 Å². The second kappa shape index (κ2) is 4.51. The standard InChI is InChI=1S/C17H17FN2/c18-14-6-5-12-7-8-20(17(12)9-14)11-13-10-19-16-4-2-1-3-15(13)16/h1-6,9,13,19H,7-8,10-11H2. The van der Waals surface area contributed by atoms with Gasteiger partial charge in [-0.3, -0.25) is 0 Å². The van der Waals surface area contributed by atoms with E-state index in [1.165, 1.54) is 16.8 Å². The van der Waals surface area contributed by atoms with Gasteiger partial charge in [0.25, 0.3) is 0 Å². The van der Waals surface area contributed by atoms with E-state index in [0.717, 1.165) is 31.7 Å². The topological polar surface area (TPSA) is 15.3 Å². The maximum atomic E-state index is 13.4. The minimum atomic E-state index is -0.138. The smallest absolute Gasteiger partial charge is 0.125 e. The lowest BCUT2D eigenvalue weighted by atomic mass is 10.0. The van der Waals surface area contributed by atoms with Crippen molar-refractivity contribution < 1.29 is 4.39 Å². The number of hydrogen-bond donors (Lipinski definition) is 1. The third-order valence-corrected chi connectivity index (χ3v) is 4.42. The zero-order valence-corrected chi connectivity index (χ0v) is 11.3. The largest absolute Gasteiger partial charge is 0.384 e. The molecule has 0 aliphatic carbocycles. The Morgan fingerprint density at radius 1 is 1.20 bits per heavy atom. The fraction of sp³-hybridized carbons (Fsp3) is 0.294. The Kier molecular flexibility index (Phi) is 2.66. The Morgan fingerprint density at radius 3 is 3.05 bits per heavy atom. The summed E-state index contributed by atoms with van der Waals surface area (Å²) >= 11 is 0. The van der Waals surface area contributed by atoms with E-state index in [2.05, 4.69) is 34.5 Å². The first kappa shape index (κ1) is 11.8. The quantitative estimate of drug-likeness (QED) is 0.898. The maximum Gasteiger partial charge on any atom is 0.125 e. The molecule has 1 N–H and O–H groups in total. The molecule has 0 aromatic heterocycles. The molecule has 2 aromatic rings. The highest BCUT2D eigenvalue weighted by Gasteiger charge is 2.27. The molecule has 2 aromatic carbocycles. The van der Waals surface area contributed by atoms with Crippen LogP contribution >= 0.6 is 0 Å². The number of benzene rings is 2. The second-order valence-electron chi connectivity index (χ2n) is 5.63. The molecule has 0 amide bonds. The zero-order valence-electron chi connectivity index (χ0n) is 11.3. The van der Waals surface area contributed by atoms with Crippen LogP contribution in [-0.4, -0.2) is 19.6 Å². The molecule has 2 aliphatic rings. The van der Waals surface area contributed by atoms with Gasteiger partial charge in [-0.1, -0.05) is 24.3 Å². The van der Waals surface area contributed by atoms with Gasteiger partial charge in [0.1, 0.15) is 5.82 Å². The highest BCUT2D eigenvalue weighted by molar-refractivity contribution is 5.61. The van der Waals surface area contributed by atoms with Crippen molar-refractivity contribution in [3.05, 3.63) is 59.4 Å². The van der Waals surface area contributed by atoms with E-state index in [-0.39, 0.29) is 5.82 Å². The lowest BCUT2D eigenvalue weighted by Gasteiger charge is -2.23. The van der Waals surface area contributed by atoms with Crippen LogP contribution in [0.5, 0.6) is 0 Å². The van der Waals surface area contributed by atoms with Crippen LogP contribution in [0.25, 0.3) is 0 Å². The molecule has 0 saturated heterocycles. The highest BCUT2D eigenvalue weighted by atomic mass is 19.1. The van der Waals surface area contributed by atoms with Gasteiger partial charge in [0.05, 0.1) is 0 Å². The van der Waals surface area contributed by atoms with Gasteiger partial charge in [-0.25, -0.2) is 4.39 Å². The first-order valence-corrected chi connectivity index (χ1v) is 7.17. The normalized spacial score (nSPS) is 19.6. The van der Waals surface area contributed by atoms with Gasteiger partial charge in [-0.15, -0.1) is 0 Å². The molecule has 0 fully saturated rings. The molecule has 2 nitrogen and oxygen atoms in total. The fourth-order valence-electron chi connectivity index (χ4n) is 3.39. The van der Waals surface area contributed by atoms with Crippen LogP contribution in [0.2, 0.25) is 0 Å². The van der Waals surface area contributed by atoms with E-state index in [1.807, 2.05) is 6.07 Å². The number of nitrogens with zero attached hydrogens (tertiary/aromatic N) is 1. The summed E-state index contributed by atoms with van der Waals surface area (Å²) in [6.07, 6.45) is 1.03. The van der Waals surface area contributed by atoms with Crippen molar-refractivity contribution in [3.63, 3.8) is 0 Å².